The molecule has 5 nitrogen and oxygen atoms in total. The van der Waals surface area contributed by atoms with Crippen LogP contribution in [0, 0.1) is 5.92 Å². The monoisotopic (exact) mass is 253 g/mol. The molecule has 5 heteroatoms. The lowest BCUT2D eigenvalue weighted by atomic mass is 9.97. The number of piperazine rings is 1. The Labute approximate surface area is 108 Å². The quantitative estimate of drug-likeness (QED) is 0.757. The number of likely N-dealkylation sites (N-methyl/N-ethyl adjacent to an activating group) is 1. The molecule has 102 valence electrons. The van der Waals surface area contributed by atoms with E-state index in [0.29, 0.717) is 12.5 Å². The lowest BCUT2D eigenvalue weighted by molar-refractivity contribution is -0.159. The fraction of sp³-hybridized carbons (Fsp3) is 0.846. The molecule has 2 amide bonds. The molecule has 0 spiro atoms. The Hall–Kier alpha value is -1.10. The van der Waals surface area contributed by atoms with Crippen LogP contribution in [0.4, 0.5) is 0 Å². The number of nitrogens with one attached hydrogen (secondary N) is 1. The van der Waals surface area contributed by atoms with E-state index in [4.69, 9.17) is 0 Å². The molecule has 2 rings (SSSR count). The van der Waals surface area contributed by atoms with Crippen LogP contribution >= 0.6 is 0 Å². The Kier molecular flexibility index (Phi) is 3.90. The number of nitrogens with zero attached hydrogens (tertiary/aromatic N) is 2. The molecule has 1 N–H and O–H groups in total. The number of piperidine rings is 1. The van der Waals surface area contributed by atoms with Gasteiger partial charge in [0.25, 0.3) is 0 Å². The van der Waals surface area contributed by atoms with Gasteiger partial charge in [0.15, 0.2) is 0 Å². The third-order valence-corrected chi connectivity index (χ3v) is 4.25. The molecule has 2 saturated heterocycles. The van der Waals surface area contributed by atoms with Gasteiger partial charge in [-0.05, 0) is 45.7 Å². The molecular formula is C13H23N3O2. The number of carbonyl (C=O) groups is 2. The Bertz CT molecular complexity index is 339. The summed E-state index contributed by atoms with van der Waals surface area (Å²) in [6.07, 6.45) is 2.30. The minimum absolute atomic E-state index is 0.0471. The van der Waals surface area contributed by atoms with Crippen LogP contribution in [0.25, 0.3) is 0 Å². The summed E-state index contributed by atoms with van der Waals surface area (Å²) in [5.41, 5.74) is 0. The van der Waals surface area contributed by atoms with Gasteiger partial charge in [-0.3, -0.25) is 9.59 Å². The summed E-state index contributed by atoms with van der Waals surface area (Å²) in [5.74, 6) is 0.606. The summed E-state index contributed by atoms with van der Waals surface area (Å²) in [5, 5.41) is 3.35. The van der Waals surface area contributed by atoms with Crippen molar-refractivity contribution in [2.75, 3.05) is 26.7 Å². The van der Waals surface area contributed by atoms with Gasteiger partial charge >= 0.3 is 0 Å². The molecule has 2 heterocycles. The van der Waals surface area contributed by atoms with Gasteiger partial charge in [0.2, 0.25) is 11.8 Å². The van der Waals surface area contributed by atoms with Crippen molar-refractivity contribution >= 4 is 11.8 Å². The fourth-order valence-corrected chi connectivity index (χ4v) is 2.82. The van der Waals surface area contributed by atoms with Gasteiger partial charge < -0.3 is 15.1 Å². The van der Waals surface area contributed by atoms with Crippen molar-refractivity contribution in [3.05, 3.63) is 0 Å². The molecular weight excluding hydrogens is 230 g/mol. The maximum atomic E-state index is 12.3. The molecule has 3 atom stereocenters. The van der Waals surface area contributed by atoms with Crippen LogP contribution in [0.15, 0.2) is 0 Å². The van der Waals surface area contributed by atoms with E-state index in [-0.39, 0.29) is 23.9 Å². The highest BCUT2D eigenvalue weighted by molar-refractivity contribution is 5.96. The number of carbonyl (C=O) groups excluding carboxylic acids is 2. The Balaban J connectivity index is 2.05. The summed E-state index contributed by atoms with van der Waals surface area (Å²) in [6, 6.07) is -0.647. The Morgan fingerprint density at radius 3 is 2.56 bits per heavy atom. The molecule has 18 heavy (non-hydrogen) atoms. The normalized spacial score (nSPS) is 34.1. The highest BCUT2D eigenvalue weighted by Crippen LogP contribution is 2.20. The number of amides is 2. The second-order valence-corrected chi connectivity index (χ2v) is 5.50. The number of rotatable bonds is 2. The SMILES string of the molecule is C[C@H]1C(=O)N(C[C@H]2CCCNC2)[C@@H](C)C(=O)N1C. The topological polar surface area (TPSA) is 52.7 Å². The van der Waals surface area contributed by atoms with Crippen LogP contribution < -0.4 is 5.32 Å². The van der Waals surface area contributed by atoms with Crippen molar-refractivity contribution in [1.29, 1.82) is 0 Å². The van der Waals surface area contributed by atoms with Gasteiger partial charge in [0.1, 0.15) is 12.1 Å². The first-order valence-corrected chi connectivity index (χ1v) is 6.80. The van der Waals surface area contributed by atoms with Crippen LogP contribution in [0.3, 0.4) is 0 Å². The van der Waals surface area contributed by atoms with Gasteiger partial charge in [0.05, 0.1) is 0 Å². The van der Waals surface area contributed by atoms with Gasteiger partial charge in [-0.15, -0.1) is 0 Å². The predicted octanol–water partition coefficient (Wildman–Crippen LogP) is 0.0636. The molecule has 2 aliphatic rings. The van der Waals surface area contributed by atoms with E-state index in [9.17, 15) is 9.59 Å². The molecule has 0 bridgehead atoms. The largest absolute Gasteiger partial charge is 0.332 e. The second kappa shape index (κ2) is 5.26. The summed E-state index contributed by atoms with van der Waals surface area (Å²) in [7, 11) is 1.71. The van der Waals surface area contributed by atoms with Crippen molar-refractivity contribution in [3.8, 4) is 0 Å². The molecule has 0 aliphatic carbocycles. The number of hydrogen-bond donors (Lipinski definition) is 1. The van der Waals surface area contributed by atoms with Gasteiger partial charge in [-0.2, -0.15) is 0 Å². The summed E-state index contributed by atoms with van der Waals surface area (Å²) in [6.45, 7) is 6.36. The summed E-state index contributed by atoms with van der Waals surface area (Å²) >= 11 is 0. The third kappa shape index (κ3) is 2.36. The third-order valence-electron chi connectivity index (χ3n) is 4.25. The second-order valence-electron chi connectivity index (χ2n) is 5.50. The smallest absolute Gasteiger partial charge is 0.245 e. The van der Waals surface area contributed by atoms with Crippen molar-refractivity contribution in [2.24, 2.45) is 5.92 Å². The van der Waals surface area contributed by atoms with Gasteiger partial charge in [0, 0.05) is 13.6 Å². The maximum absolute atomic E-state index is 12.3. The molecule has 2 fully saturated rings. The first kappa shape index (κ1) is 13.3. The van der Waals surface area contributed by atoms with Crippen molar-refractivity contribution in [2.45, 2.75) is 38.8 Å². The minimum atomic E-state index is -0.328. The van der Waals surface area contributed by atoms with Crippen LogP contribution in [0.2, 0.25) is 0 Å². The highest BCUT2D eigenvalue weighted by Gasteiger charge is 2.40. The highest BCUT2D eigenvalue weighted by atomic mass is 16.2. The zero-order valence-electron chi connectivity index (χ0n) is 11.5. The molecule has 0 unspecified atom stereocenters. The van der Waals surface area contributed by atoms with Crippen molar-refractivity contribution < 1.29 is 9.59 Å². The van der Waals surface area contributed by atoms with E-state index < -0.39 is 0 Å². The fourth-order valence-electron chi connectivity index (χ4n) is 2.82. The average Bonchev–Trinajstić information content (AvgIpc) is 2.40. The molecule has 0 aromatic rings. The van der Waals surface area contributed by atoms with E-state index in [1.165, 1.54) is 0 Å². The van der Waals surface area contributed by atoms with E-state index in [2.05, 4.69) is 5.32 Å². The molecule has 0 radical (unpaired) electrons. The predicted molar refractivity (Wildman–Crippen MR) is 69.0 cm³/mol. The van der Waals surface area contributed by atoms with Crippen LogP contribution in [-0.2, 0) is 9.59 Å². The number of hydrogen-bond acceptors (Lipinski definition) is 3. The Morgan fingerprint density at radius 1 is 1.22 bits per heavy atom. The first-order chi connectivity index (χ1) is 8.52. The first-order valence-electron chi connectivity index (χ1n) is 6.80. The maximum Gasteiger partial charge on any atom is 0.245 e. The molecule has 0 saturated carbocycles. The van der Waals surface area contributed by atoms with Crippen molar-refractivity contribution in [3.63, 3.8) is 0 Å². The summed E-state index contributed by atoms with van der Waals surface area (Å²) < 4.78 is 0. The molecule has 0 aromatic heterocycles. The Morgan fingerprint density at radius 2 is 1.94 bits per heavy atom. The van der Waals surface area contributed by atoms with E-state index >= 15 is 0 Å². The van der Waals surface area contributed by atoms with E-state index in [0.717, 1.165) is 25.9 Å². The lowest BCUT2D eigenvalue weighted by Crippen LogP contribution is -2.62. The standard InChI is InChI=1S/C13H23N3O2/c1-9-13(18)16(10(2)12(17)15(9)3)8-11-5-4-6-14-7-11/h9-11,14H,4-8H2,1-3H3/t9-,10-,11-/m0/s1. The average molecular weight is 253 g/mol. The van der Waals surface area contributed by atoms with Crippen LogP contribution in [0.5, 0.6) is 0 Å². The summed E-state index contributed by atoms with van der Waals surface area (Å²) in [4.78, 5) is 27.7. The van der Waals surface area contributed by atoms with Gasteiger partial charge in [-0.25, -0.2) is 0 Å². The minimum Gasteiger partial charge on any atom is -0.332 e. The zero-order chi connectivity index (χ0) is 13.3. The van der Waals surface area contributed by atoms with E-state index in [1.807, 2.05) is 6.92 Å². The lowest BCUT2D eigenvalue weighted by Gasteiger charge is -2.42. The van der Waals surface area contributed by atoms with Gasteiger partial charge in [-0.1, -0.05) is 0 Å². The molecule has 2 aliphatic heterocycles. The zero-order valence-corrected chi connectivity index (χ0v) is 11.5. The van der Waals surface area contributed by atoms with Crippen LogP contribution in [-0.4, -0.2) is 60.4 Å². The molecule has 0 aromatic carbocycles. The van der Waals surface area contributed by atoms with Crippen LogP contribution in [0.1, 0.15) is 26.7 Å². The van der Waals surface area contributed by atoms with E-state index in [1.54, 1.807) is 23.8 Å². The van der Waals surface area contributed by atoms with Crippen molar-refractivity contribution in [1.82, 2.24) is 15.1 Å².